The van der Waals surface area contributed by atoms with Crippen LogP contribution in [0.3, 0.4) is 0 Å². The highest BCUT2D eigenvalue weighted by Crippen LogP contribution is 2.53. The van der Waals surface area contributed by atoms with Crippen LogP contribution in [0.4, 0.5) is 0 Å². The molecule has 1 unspecified atom stereocenters. The van der Waals surface area contributed by atoms with E-state index in [1.165, 1.54) is 25.7 Å². The first-order valence-electron chi connectivity index (χ1n) is 7.11. The molecule has 1 atom stereocenters. The van der Waals surface area contributed by atoms with Gasteiger partial charge in [0.05, 0.1) is 0 Å². The molecule has 0 N–H and O–H groups in total. The van der Waals surface area contributed by atoms with Crippen LogP contribution in [0.2, 0.25) is 0 Å². The Labute approximate surface area is 108 Å². The summed E-state index contributed by atoms with van der Waals surface area (Å²) >= 11 is 0. The molecular formula is C17H28. The SMILES string of the molecule is C/C(=C1/C=CC=CC1C)C1(C)CC1.CCCC. The minimum atomic E-state index is 0.541. The van der Waals surface area contributed by atoms with E-state index in [4.69, 9.17) is 0 Å². The first kappa shape index (κ1) is 14.3. The first-order chi connectivity index (χ1) is 8.05. The van der Waals surface area contributed by atoms with E-state index in [2.05, 4.69) is 58.9 Å². The molecule has 2 rings (SSSR count). The van der Waals surface area contributed by atoms with E-state index in [0.717, 1.165) is 0 Å². The maximum Gasteiger partial charge on any atom is -0.000766 e. The molecule has 0 radical (unpaired) electrons. The van der Waals surface area contributed by atoms with E-state index in [9.17, 15) is 0 Å². The highest BCUT2D eigenvalue weighted by atomic mass is 14.4. The van der Waals surface area contributed by atoms with Crippen molar-refractivity contribution in [2.24, 2.45) is 11.3 Å². The fourth-order valence-corrected chi connectivity index (χ4v) is 2.02. The largest absolute Gasteiger partial charge is 0.0773 e. The van der Waals surface area contributed by atoms with Crippen LogP contribution in [0.1, 0.15) is 60.3 Å². The van der Waals surface area contributed by atoms with Gasteiger partial charge in [0.25, 0.3) is 0 Å². The molecule has 2 aliphatic carbocycles. The summed E-state index contributed by atoms with van der Waals surface area (Å²) in [6.45, 7) is 11.3. The molecule has 1 saturated carbocycles. The van der Waals surface area contributed by atoms with Crippen molar-refractivity contribution in [2.75, 3.05) is 0 Å². The minimum Gasteiger partial charge on any atom is -0.0773 e. The molecule has 0 heteroatoms. The summed E-state index contributed by atoms with van der Waals surface area (Å²) in [5.74, 6) is 0.613. The molecule has 0 saturated heterocycles. The summed E-state index contributed by atoms with van der Waals surface area (Å²) in [5.41, 5.74) is 3.70. The van der Waals surface area contributed by atoms with Crippen molar-refractivity contribution in [3.8, 4) is 0 Å². The van der Waals surface area contributed by atoms with Gasteiger partial charge in [-0.1, -0.05) is 70.4 Å². The number of unbranched alkanes of at least 4 members (excludes halogenated alkanes) is 1. The number of hydrogen-bond donors (Lipinski definition) is 0. The third kappa shape index (κ3) is 3.87. The molecule has 0 aromatic rings. The summed E-state index contributed by atoms with van der Waals surface area (Å²) in [4.78, 5) is 0. The first-order valence-corrected chi connectivity index (χ1v) is 7.11. The van der Waals surface area contributed by atoms with Crippen LogP contribution in [0.5, 0.6) is 0 Å². The Morgan fingerprint density at radius 2 is 1.82 bits per heavy atom. The fourth-order valence-electron chi connectivity index (χ4n) is 2.02. The summed E-state index contributed by atoms with van der Waals surface area (Å²) in [5, 5.41) is 0. The second kappa shape index (κ2) is 6.23. The van der Waals surface area contributed by atoms with Crippen LogP contribution < -0.4 is 0 Å². The molecule has 0 aromatic carbocycles. The Balaban J connectivity index is 0.000000317. The third-order valence-electron chi connectivity index (χ3n) is 4.12. The van der Waals surface area contributed by atoms with Crippen molar-refractivity contribution in [3.05, 3.63) is 35.5 Å². The quantitative estimate of drug-likeness (QED) is 0.575. The van der Waals surface area contributed by atoms with Crippen LogP contribution in [-0.4, -0.2) is 0 Å². The van der Waals surface area contributed by atoms with Gasteiger partial charge < -0.3 is 0 Å². The monoisotopic (exact) mass is 232 g/mol. The van der Waals surface area contributed by atoms with Crippen molar-refractivity contribution < 1.29 is 0 Å². The molecular weight excluding hydrogens is 204 g/mol. The molecule has 17 heavy (non-hydrogen) atoms. The lowest BCUT2D eigenvalue weighted by Crippen LogP contribution is -2.05. The van der Waals surface area contributed by atoms with Gasteiger partial charge in [0.1, 0.15) is 0 Å². The van der Waals surface area contributed by atoms with Gasteiger partial charge in [0.15, 0.2) is 0 Å². The fraction of sp³-hybridized carbons (Fsp3) is 0.647. The van der Waals surface area contributed by atoms with Crippen molar-refractivity contribution in [2.45, 2.75) is 60.3 Å². The zero-order valence-electron chi connectivity index (χ0n) is 12.2. The number of hydrogen-bond acceptors (Lipinski definition) is 0. The molecule has 96 valence electrons. The second-order valence-electron chi connectivity index (χ2n) is 5.67. The molecule has 0 amide bonds. The lowest BCUT2D eigenvalue weighted by Gasteiger charge is -2.19. The summed E-state index contributed by atoms with van der Waals surface area (Å²) in [6, 6.07) is 0. The normalized spacial score (nSPS) is 27.2. The predicted octanol–water partition coefficient (Wildman–Crippen LogP) is 5.67. The zero-order chi connectivity index (χ0) is 12.9. The van der Waals surface area contributed by atoms with E-state index in [1.807, 2.05) is 0 Å². The zero-order valence-corrected chi connectivity index (χ0v) is 12.2. The van der Waals surface area contributed by atoms with Gasteiger partial charge >= 0.3 is 0 Å². The van der Waals surface area contributed by atoms with Gasteiger partial charge in [0, 0.05) is 0 Å². The van der Waals surface area contributed by atoms with Gasteiger partial charge in [-0.05, 0) is 36.7 Å². The molecule has 0 spiro atoms. The topological polar surface area (TPSA) is 0 Å². The van der Waals surface area contributed by atoms with Crippen LogP contribution in [0, 0.1) is 11.3 Å². The molecule has 0 bridgehead atoms. The van der Waals surface area contributed by atoms with E-state index in [0.29, 0.717) is 11.3 Å². The molecule has 0 nitrogen and oxygen atoms in total. The Morgan fingerprint density at radius 1 is 1.24 bits per heavy atom. The van der Waals surface area contributed by atoms with Crippen LogP contribution in [0.25, 0.3) is 0 Å². The van der Waals surface area contributed by atoms with Gasteiger partial charge in [-0.3, -0.25) is 0 Å². The third-order valence-corrected chi connectivity index (χ3v) is 4.12. The maximum atomic E-state index is 2.38. The van der Waals surface area contributed by atoms with Crippen LogP contribution in [-0.2, 0) is 0 Å². The molecule has 1 fully saturated rings. The molecule has 0 aromatic heterocycles. The maximum absolute atomic E-state index is 2.38. The predicted molar refractivity (Wildman–Crippen MR) is 78.1 cm³/mol. The molecule has 2 aliphatic rings. The van der Waals surface area contributed by atoms with Gasteiger partial charge in [-0.15, -0.1) is 0 Å². The Bertz CT molecular complexity index is 322. The average molecular weight is 232 g/mol. The standard InChI is InChI=1S/C13H18.C4H10/c1-10-6-4-5-7-12(10)11(2)13(3)8-9-13;1-3-4-2/h4-7,10H,8-9H2,1-3H3;3-4H2,1-2H3/b12-11+;. The highest BCUT2D eigenvalue weighted by molar-refractivity contribution is 5.39. The number of rotatable bonds is 2. The summed E-state index contributed by atoms with van der Waals surface area (Å²) in [7, 11) is 0. The Morgan fingerprint density at radius 3 is 2.24 bits per heavy atom. The highest BCUT2D eigenvalue weighted by Gasteiger charge is 2.40. The lowest BCUT2D eigenvalue weighted by molar-refractivity contribution is 0.664. The second-order valence-corrected chi connectivity index (χ2v) is 5.67. The average Bonchev–Trinajstić information content (AvgIpc) is 3.09. The molecule has 0 aliphatic heterocycles. The van der Waals surface area contributed by atoms with E-state index in [-0.39, 0.29) is 0 Å². The van der Waals surface area contributed by atoms with E-state index in [1.54, 1.807) is 11.1 Å². The van der Waals surface area contributed by atoms with Gasteiger partial charge in [0.2, 0.25) is 0 Å². The smallest absolute Gasteiger partial charge is 0.000766 e. The van der Waals surface area contributed by atoms with Crippen molar-refractivity contribution in [1.82, 2.24) is 0 Å². The van der Waals surface area contributed by atoms with E-state index < -0.39 is 0 Å². The summed E-state index contributed by atoms with van der Waals surface area (Å²) in [6.07, 6.45) is 14.3. The Kier molecular flexibility index (Phi) is 5.24. The van der Waals surface area contributed by atoms with Crippen LogP contribution >= 0.6 is 0 Å². The van der Waals surface area contributed by atoms with Gasteiger partial charge in [-0.2, -0.15) is 0 Å². The van der Waals surface area contributed by atoms with Crippen molar-refractivity contribution >= 4 is 0 Å². The lowest BCUT2D eigenvalue weighted by atomic mass is 9.86. The summed E-state index contributed by atoms with van der Waals surface area (Å²) < 4.78 is 0. The Hall–Kier alpha value is -0.780. The van der Waals surface area contributed by atoms with Crippen LogP contribution in [0.15, 0.2) is 35.5 Å². The van der Waals surface area contributed by atoms with Gasteiger partial charge in [-0.25, -0.2) is 0 Å². The number of allylic oxidation sites excluding steroid dienone is 6. The van der Waals surface area contributed by atoms with Crippen molar-refractivity contribution in [3.63, 3.8) is 0 Å². The van der Waals surface area contributed by atoms with Crippen molar-refractivity contribution in [1.29, 1.82) is 0 Å². The molecule has 0 heterocycles. The minimum absolute atomic E-state index is 0.541. The van der Waals surface area contributed by atoms with E-state index >= 15 is 0 Å².